The lowest BCUT2D eigenvalue weighted by Gasteiger charge is -2.03. The van der Waals surface area contributed by atoms with Crippen LogP contribution >= 0.6 is 31.9 Å². The van der Waals surface area contributed by atoms with Gasteiger partial charge in [0.15, 0.2) is 0 Å². The minimum Gasteiger partial charge on any atom is -0.506 e. The Bertz CT molecular complexity index is 700. The van der Waals surface area contributed by atoms with Gasteiger partial charge in [0, 0.05) is 21.9 Å². The predicted octanol–water partition coefficient (Wildman–Crippen LogP) is 3.38. The molecule has 108 valence electrons. The fourth-order valence-electron chi connectivity index (χ4n) is 1.51. The molecule has 1 aromatic heterocycles. The molecule has 0 atom stereocenters. The molecule has 0 spiro atoms. The van der Waals surface area contributed by atoms with Crippen molar-refractivity contribution in [3.05, 3.63) is 56.2 Å². The number of amides is 1. The Labute approximate surface area is 138 Å². The van der Waals surface area contributed by atoms with Crippen molar-refractivity contribution in [3.8, 4) is 5.75 Å². The molecule has 2 N–H and O–H groups in total. The van der Waals surface area contributed by atoms with Gasteiger partial charge in [0.1, 0.15) is 5.75 Å². The number of hydrogen-bond donors (Lipinski definition) is 2. The number of phenols is 1. The van der Waals surface area contributed by atoms with E-state index < -0.39 is 0 Å². The van der Waals surface area contributed by atoms with Gasteiger partial charge in [-0.2, -0.15) is 5.10 Å². The average molecular weight is 413 g/mol. The van der Waals surface area contributed by atoms with Gasteiger partial charge in [-0.3, -0.25) is 9.78 Å². The summed E-state index contributed by atoms with van der Waals surface area (Å²) in [6, 6.07) is 6.81. The first-order chi connectivity index (χ1) is 9.97. The molecule has 1 amide bonds. The number of aryl methyl sites for hydroxylation is 1. The van der Waals surface area contributed by atoms with Crippen molar-refractivity contribution in [2.45, 2.75) is 6.92 Å². The molecule has 0 aliphatic heterocycles. The van der Waals surface area contributed by atoms with Crippen molar-refractivity contribution < 1.29 is 9.90 Å². The summed E-state index contributed by atoms with van der Waals surface area (Å²) in [4.78, 5) is 15.9. The van der Waals surface area contributed by atoms with E-state index in [1.165, 1.54) is 12.4 Å². The van der Waals surface area contributed by atoms with E-state index in [1.54, 1.807) is 24.3 Å². The van der Waals surface area contributed by atoms with E-state index in [0.29, 0.717) is 15.6 Å². The highest BCUT2D eigenvalue weighted by atomic mass is 79.9. The molecule has 21 heavy (non-hydrogen) atoms. The highest BCUT2D eigenvalue weighted by molar-refractivity contribution is 9.11. The Kier molecular flexibility index (Phi) is 5.08. The lowest BCUT2D eigenvalue weighted by molar-refractivity contribution is 0.0954. The molecule has 0 radical (unpaired) electrons. The summed E-state index contributed by atoms with van der Waals surface area (Å²) in [6.45, 7) is 1.84. The minimum atomic E-state index is -0.368. The number of phenolic OH excluding ortho intramolecular Hbond substituents is 1. The zero-order chi connectivity index (χ0) is 15.4. The first-order valence-electron chi connectivity index (χ1n) is 5.91. The number of hydrazone groups is 1. The van der Waals surface area contributed by atoms with Gasteiger partial charge in [-0.1, -0.05) is 15.9 Å². The number of nitrogens with one attached hydrogen (secondary N) is 1. The number of hydrogen-bond acceptors (Lipinski definition) is 4. The standard InChI is InChI=1S/C14H11Br2N3O2/c1-8-2-3-9(6-17-8)14(21)19-18-7-10-4-11(15)5-12(16)13(10)20/h2-7,20H,1H3,(H,19,21). The normalized spacial score (nSPS) is 10.8. The van der Waals surface area contributed by atoms with Crippen LogP contribution in [0.4, 0.5) is 0 Å². The first kappa shape index (κ1) is 15.7. The monoisotopic (exact) mass is 411 g/mol. The third-order valence-electron chi connectivity index (χ3n) is 2.60. The fraction of sp³-hybridized carbons (Fsp3) is 0.0714. The molecule has 5 nitrogen and oxygen atoms in total. The van der Waals surface area contributed by atoms with Crippen LogP contribution in [-0.4, -0.2) is 22.2 Å². The molecule has 1 heterocycles. The van der Waals surface area contributed by atoms with Crippen LogP contribution in [0.1, 0.15) is 21.6 Å². The molecule has 0 unspecified atom stereocenters. The van der Waals surface area contributed by atoms with Gasteiger partial charge in [0.05, 0.1) is 16.3 Å². The van der Waals surface area contributed by atoms with Crippen LogP contribution in [0, 0.1) is 6.92 Å². The number of benzene rings is 1. The lowest BCUT2D eigenvalue weighted by Crippen LogP contribution is -2.17. The van der Waals surface area contributed by atoms with E-state index >= 15 is 0 Å². The van der Waals surface area contributed by atoms with E-state index in [0.717, 1.165) is 10.2 Å². The summed E-state index contributed by atoms with van der Waals surface area (Å²) >= 11 is 6.54. The van der Waals surface area contributed by atoms with Gasteiger partial charge in [-0.05, 0) is 47.1 Å². The first-order valence-corrected chi connectivity index (χ1v) is 7.50. The van der Waals surface area contributed by atoms with Crippen molar-refractivity contribution in [2.75, 3.05) is 0 Å². The van der Waals surface area contributed by atoms with Gasteiger partial charge in [-0.15, -0.1) is 0 Å². The number of aromatic nitrogens is 1. The van der Waals surface area contributed by atoms with Crippen LogP contribution in [0.5, 0.6) is 5.75 Å². The molecule has 7 heteroatoms. The summed E-state index contributed by atoms with van der Waals surface area (Å²) in [5.74, 6) is -0.319. The molecule has 0 bridgehead atoms. The maximum atomic E-state index is 11.8. The molecule has 1 aromatic carbocycles. The largest absolute Gasteiger partial charge is 0.506 e. The van der Waals surface area contributed by atoms with Crippen LogP contribution in [0.25, 0.3) is 0 Å². The molecular weight excluding hydrogens is 402 g/mol. The maximum absolute atomic E-state index is 11.8. The van der Waals surface area contributed by atoms with Crippen LogP contribution < -0.4 is 5.43 Å². The SMILES string of the molecule is Cc1ccc(C(=O)NN=Cc2cc(Br)cc(Br)c2O)cn1. The second kappa shape index (κ2) is 6.82. The Balaban J connectivity index is 2.09. The van der Waals surface area contributed by atoms with E-state index in [9.17, 15) is 9.90 Å². The number of carbonyl (C=O) groups excluding carboxylic acids is 1. The Morgan fingerprint density at radius 1 is 1.38 bits per heavy atom. The Hall–Kier alpha value is -1.73. The van der Waals surface area contributed by atoms with Crippen LogP contribution in [0.2, 0.25) is 0 Å². The van der Waals surface area contributed by atoms with E-state index in [2.05, 4.69) is 47.4 Å². The molecular formula is C14H11Br2N3O2. The lowest BCUT2D eigenvalue weighted by atomic mass is 10.2. The van der Waals surface area contributed by atoms with Crippen molar-refractivity contribution in [1.82, 2.24) is 10.4 Å². The van der Waals surface area contributed by atoms with Crippen LogP contribution in [0.3, 0.4) is 0 Å². The number of pyridine rings is 1. The van der Waals surface area contributed by atoms with Crippen molar-refractivity contribution >= 4 is 44.0 Å². The van der Waals surface area contributed by atoms with Crippen molar-refractivity contribution in [3.63, 3.8) is 0 Å². The molecule has 2 rings (SSSR count). The highest BCUT2D eigenvalue weighted by Gasteiger charge is 2.06. The van der Waals surface area contributed by atoms with Crippen LogP contribution in [-0.2, 0) is 0 Å². The zero-order valence-corrected chi connectivity index (χ0v) is 14.1. The van der Waals surface area contributed by atoms with E-state index in [4.69, 9.17) is 0 Å². The minimum absolute atomic E-state index is 0.0493. The van der Waals surface area contributed by atoms with Gasteiger partial charge < -0.3 is 5.11 Å². The topological polar surface area (TPSA) is 74.6 Å². The summed E-state index contributed by atoms with van der Waals surface area (Å²) in [6.07, 6.45) is 2.84. The van der Waals surface area contributed by atoms with Gasteiger partial charge in [0.25, 0.3) is 5.91 Å². The second-order valence-electron chi connectivity index (χ2n) is 4.21. The number of aromatic hydroxyl groups is 1. The number of rotatable bonds is 3. The summed E-state index contributed by atoms with van der Waals surface area (Å²) < 4.78 is 1.31. The average Bonchev–Trinajstić information content (AvgIpc) is 2.44. The zero-order valence-electron chi connectivity index (χ0n) is 11.0. The van der Waals surface area contributed by atoms with E-state index in [-0.39, 0.29) is 11.7 Å². The summed E-state index contributed by atoms with van der Waals surface area (Å²) in [7, 11) is 0. The van der Waals surface area contributed by atoms with Gasteiger partial charge >= 0.3 is 0 Å². The third kappa shape index (κ3) is 4.12. The highest BCUT2D eigenvalue weighted by Crippen LogP contribution is 2.30. The quantitative estimate of drug-likeness (QED) is 0.599. The maximum Gasteiger partial charge on any atom is 0.272 e. The third-order valence-corrected chi connectivity index (χ3v) is 3.66. The summed E-state index contributed by atoms with van der Waals surface area (Å²) in [5, 5.41) is 13.7. The van der Waals surface area contributed by atoms with Gasteiger partial charge in [-0.25, -0.2) is 5.43 Å². The molecule has 0 saturated carbocycles. The molecule has 0 aliphatic carbocycles. The predicted molar refractivity (Wildman–Crippen MR) is 87.5 cm³/mol. The van der Waals surface area contributed by atoms with E-state index in [1.807, 2.05) is 6.92 Å². The van der Waals surface area contributed by atoms with Gasteiger partial charge in [0.2, 0.25) is 0 Å². The Morgan fingerprint density at radius 2 is 2.14 bits per heavy atom. The molecule has 0 aliphatic rings. The molecule has 0 saturated heterocycles. The fourth-order valence-corrected chi connectivity index (χ4v) is 2.77. The number of carbonyl (C=O) groups is 1. The number of halogens is 2. The van der Waals surface area contributed by atoms with Crippen LogP contribution in [0.15, 0.2) is 44.5 Å². The Morgan fingerprint density at radius 3 is 2.81 bits per heavy atom. The number of nitrogens with zero attached hydrogens (tertiary/aromatic N) is 2. The molecule has 0 fully saturated rings. The molecule has 2 aromatic rings. The smallest absolute Gasteiger partial charge is 0.272 e. The summed E-state index contributed by atoms with van der Waals surface area (Å²) in [5.41, 5.74) is 4.10. The van der Waals surface area contributed by atoms with Crippen molar-refractivity contribution in [2.24, 2.45) is 5.10 Å². The van der Waals surface area contributed by atoms with Crippen molar-refractivity contribution in [1.29, 1.82) is 0 Å². The second-order valence-corrected chi connectivity index (χ2v) is 5.98.